The van der Waals surface area contributed by atoms with Crippen molar-refractivity contribution in [3.63, 3.8) is 0 Å². The number of hydrogen-bond donors (Lipinski definition) is 2. The standard InChI is InChI=1S/C19H31N5O2.HI/c1-15(2)13-23-7-9-24(10-8-23)19(21-3)22-12-16-5-4-6-17(11-16)26-14-18(20)25;/h4-6,11,15H,7-10,12-14H2,1-3H3,(H2,20,25)(H,21,22);1H. The Morgan fingerprint density at radius 2 is 2.00 bits per heavy atom. The summed E-state index contributed by atoms with van der Waals surface area (Å²) in [7, 11) is 1.81. The average Bonchev–Trinajstić information content (AvgIpc) is 2.61. The van der Waals surface area contributed by atoms with Crippen molar-refractivity contribution in [2.45, 2.75) is 20.4 Å². The molecule has 0 aliphatic carbocycles. The van der Waals surface area contributed by atoms with Crippen LogP contribution in [0, 0.1) is 5.92 Å². The Hall–Kier alpha value is -1.55. The third-order valence-corrected chi connectivity index (χ3v) is 4.24. The number of aliphatic imine (C=N–C) groups is 1. The number of carbonyl (C=O) groups is 1. The van der Waals surface area contributed by atoms with Crippen molar-refractivity contribution in [3.8, 4) is 5.75 Å². The molecule has 1 saturated heterocycles. The molecule has 0 aromatic heterocycles. The molecule has 1 amide bonds. The number of carbonyl (C=O) groups excluding carboxylic acids is 1. The summed E-state index contributed by atoms with van der Waals surface area (Å²) in [5.74, 6) is 1.77. The van der Waals surface area contributed by atoms with Gasteiger partial charge in [0, 0.05) is 46.3 Å². The van der Waals surface area contributed by atoms with E-state index in [0.717, 1.165) is 44.2 Å². The minimum atomic E-state index is -0.481. The molecule has 152 valence electrons. The highest BCUT2D eigenvalue weighted by Gasteiger charge is 2.19. The SMILES string of the molecule is CN=C(NCc1cccc(OCC(N)=O)c1)N1CCN(CC(C)C)CC1.I. The zero-order valence-corrected chi connectivity index (χ0v) is 18.8. The largest absolute Gasteiger partial charge is 0.484 e. The number of amides is 1. The summed E-state index contributed by atoms with van der Waals surface area (Å²) in [5, 5.41) is 3.41. The molecule has 0 bridgehead atoms. The van der Waals surface area contributed by atoms with Crippen molar-refractivity contribution in [2.75, 3.05) is 46.4 Å². The van der Waals surface area contributed by atoms with Crippen molar-refractivity contribution in [1.29, 1.82) is 0 Å². The Bertz CT molecular complexity index is 616. The smallest absolute Gasteiger partial charge is 0.255 e. The van der Waals surface area contributed by atoms with Crippen LogP contribution in [-0.4, -0.2) is 68.0 Å². The molecule has 1 aliphatic heterocycles. The van der Waals surface area contributed by atoms with Crippen LogP contribution in [0.25, 0.3) is 0 Å². The van der Waals surface area contributed by atoms with Gasteiger partial charge >= 0.3 is 0 Å². The van der Waals surface area contributed by atoms with E-state index in [-0.39, 0.29) is 30.6 Å². The van der Waals surface area contributed by atoms with Crippen molar-refractivity contribution < 1.29 is 9.53 Å². The summed E-state index contributed by atoms with van der Waals surface area (Å²) in [4.78, 5) is 20.0. The fourth-order valence-corrected chi connectivity index (χ4v) is 3.07. The number of piperazine rings is 1. The van der Waals surface area contributed by atoms with Gasteiger partial charge in [0.1, 0.15) is 5.75 Å². The third kappa shape index (κ3) is 8.34. The molecule has 0 spiro atoms. The Morgan fingerprint density at radius 1 is 1.30 bits per heavy atom. The summed E-state index contributed by atoms with van der Waals surface area (Å²) in [6, 6.07) is 7.64. The van der Waals surface area contributed by atoms with Gasteiger partial charge in [0.15, 0.2) is 12.6 Å². The number of primary amides is 1. The highest BCUT2D eigenvalue weighted by atomic mass is 127. The van der Waals surface area contributed by atoms with Crippen LogP contribution in [-0.2, 0) is 11.3 Å². The lowest BCUT2D eigenvalue weighted by Gasteiger charge is -2.37. The number of nitrogens with zero attached hydrogens (tertiary/aromatic N) is 3. The molecular weight excluding hydrogens is 457 g/mol. The van der Waals surface area contributed by atoms with Crippen molar-refractivity contribution in [2.24, 2.45) is 16.6 Å². The molecule has 0 atom stereocenters. The highest BCUT2D eigenvalue weighted by molar-refractivity contribution is 14.0. The van der Waals surface area contributed by atoms with E-state index >= 15 is 0 Å². The van der Waals surface area contributed by atoms with E-state index < -0.39 is 5.91 Å². The van der Waals surface area contributed by atoms with Crippen molar-refractivity contribution in [1.82, 2.24) is 15.1 Å². The summed E-state index contributed by atoms with van der Waals surface area (Å²) in [5.41, 5.74) is 6.17. The first-order valence-corrected chi connectivity index (χ1v) is 9.16. The number of nitrogens with one attached hydrogen (secondary N) is 1. The van der Waals surface area contributed by atoms with Crippen LogP contribution in [0.15, 0.2) is 29.3 Å². The van der Waals surface area contributed by atoms with Gasteiger partial charge in [-0.3, -0.25) is 14.7 Å². The number of ether oxygens (including phenoxy) is 1. The molecule has 0 saturated carbocycles. The maximum Gasteiger partial charge on any atom is 0.255 e. The van der Waals surface area contributed by atoms with E-state index in [1.165, 1.54) is 0 Å². The van der Waals surface area contributed by atoms with Gasteiger partial charge in [-0.1, -0.05) is 26.0 Å². The van der Waals surface area contributed by atoms with Gasteiger partial charge in [0.2, 0.25) is 0 Å². The number of halogens is 1. The molecule has 7 nitrogen and oxygen atoms in total. The molecule has 2 rings (SSSR count). The fourth-order valence-electron chi connectivity index (χ4n) is 3.07. The van der Waals surface area contributed by atoms with Gasteiger partial charge in [-0.05, 0) is 23.6 Å². The topological polar surface area (TPSA) is 83.2 Å². The number of rotatable bonds is 7. The Balaban J connectivity index is 0.00000364. The van der Waals surface area contributed by atoms with Crippen LogP contribution in [0.4, 0.5) is 0 Å². The van der Waals surface area contributed by atoms with Gasteiger partial charge in [-0.2, -0.15) is 0 Å². The van der Waals surface area contributed by atoms with Crippen molar-refractivity contribution in [3.05, 3.63) is 29.8 Å². The van der Waals surface area contributed by atoms with Crippen molar-refractivity contribution >= 4 is 35.8 Å². The first kappa shape index (κ1) is 23.5. The number of hydrogen-bond acceptors (Lipinski definition) is 4. The van der Waals surface area contributed by atoms with E-state index in [1.54, 1.807) is 0 Å². The second kappa shape index (κ2) is 12.0. The zero-order valence-electron chi connectivity index (χ0n) is 16.5. The first-order valence-electron chi connectivity index (χ1n) is 9.16. The molecule has 8 heteroatoms. The average molecular weight is 489 g/mol. The van der Waals surface area contributed by atoms with E-state index in [0.29, 0.717) is 18.2 Å². The molecule has 0 radical (unpaired) electrons. The van der Waals surface area contributed by atoms with Gasteiger partial charge < -0.3 is 20.7 Å². The van der Waals surface area contributed by atoms with Crippen LogP contribution in [0.1, 0.15) is 19.4 Å². The fraction of sp³-hybridized carbons (Fsp3) is 0.579. The summed E-state index contributed by atoms with van der Waals surface area (Å²) in [6.07, 6.45) is 0. The van der Waals surface area contributed by atoms with Gasteiger partial charge in [0.05, 0.1) is 0 Å². The van der Waals surface area contributed by atoms with E-state index in [4.69, 9.17) is 10.5 Å². The maximum atomic E-state index is 10.8. The van der Waals surface area contributed by atoms with Crippen LogP contribution in [0.2, 0.25) is 0 Å². The van der Waals surface area contributed by atoms with Gasteiger partial charge in [-0.25, -0.2) is 0 Å². The Morgan fingerprint density at radius 3 is 2.59 bits per heavy atom. The minimum absolute atomic E-state index is 0. The first-order chi connectivity index (χ1) is 12.5. The lowest BCUT2D eigenvalue weighted by molar-refractivity contribution is -0.119. The lowest BCUT2D eigenvalue weighted by atomic mass is 10.2. The normalized spacial score (nSPS) is 15.4. The van der Waals surface area contributed by atoms with Crippen LogP contribution in [0.3, 0.4) is 0 Å². The zero-order chi connectivity index (χ0) is 18.9. The molecule has 0 unspecified atom stereocenters. The van der Waals surface area contributed by atoms with Gasteiger partial charge in [0.25, 0.3) is 5.91 Å². The number of guanidine groups is 1. The van der Waals surface area contributed by atoms with Crippen LogP contribution < -0.4 is 15.8 Å². The maximum absolute atomic E-state index is 10.8. The van der Waals surface area contributed by atoms with E-state index in [2.05, 4.69) is 34.0 Å². The highest BCUT2D eigenvalue weighted by Crippen LogP contribution is 2.13. The molecule has 1 aliphatic rings. The molecule has 1 aromatic carbocycles. The minimum Gasteiger partial charge on any atom is -0.484 e. The summed E-state index contributed by atoms with van der Waals surface area (Å²) in [6.45, 7) is 10.3. The van der Waals surface area contributed by atoms with Gasteiger partial charge in [-0.15, -0.1) is 24.0 Å². The molecule has 3 N–H and O–H groups in total. The molecule has 1 heterocycles. The monoisotopic (exact) mass is 489 g/mol. The van der Waals surface area contributed by atoms with E-state index in [1.807, 2.05) is 31.3 Å². The summed E-state index contributed by atoms with van der Waals surface area (Å²) < 4.78 is 5.35. The Kier molecular flexibility index (Phi) is 10.5. The number of nitrogens with two attached hydrogens (primary N) is 1. The number of benzene rings is 1. The lowest BCUT2D eigenvalue weighted by Crippen LogP contribution is -2.52. The molecule has 27 heavy (non-hydrogen) atoms. The summed E-state index contributed by atoms with van der Waals surface area (Å²) >= 11 is 0. The predicted molar refractivity (Wildman–Crippen MR) is 120 cm³/mol. The third-order valence-electron chi connectivity index (χ3n) is 4.24. The van der Waals surface area contributed by atoms with Crippen LogP contribution >= 0.6 is 24.0 Å². The second-order valence-corrected chi connectivity index (χ2v) is 6.98. The second-order valence-electron chi connectivity index (χ2n) is 6.98. The van der Waals surface area contributed by atoms with E-state index in [9.17, 15) is 4.79 Å². The predicted octanol–water partition coefficient (Wildman–Crippen LogP) is 1.52. The molecule has 1 aromatic rings. The van der Waals surface area contributed by atoms with Crippen LogP contribution in [0.5, 0.6) is 5.75 Å². The Labute approximate surface area is 179 Å². The quantitative estimate of drug-likeness (QED) is 0.345. The molecular formula is C19H32IN5O2. The molecule has 1 fully saturated rings.